The summed E-state index contributed by atoms with van der Waals surface area (Å²) >= 11 is 0. The summed E-state index contributed by atoms with van der Waals surface area (Å²) < 4.78 is 16.3. The Balaban J connectivity index is 1.82. The van der Waals surface area contributed by atoms with E-state index in [1.54, 1.807) is 6.33 Å². The molecule has 0 amide bonds. The Kier molecular flexibility index (Phi) is 5.37. The molecular weight excluding hydrogens is 413 g/mol. The molecule has 3 aromatic carbocycles. The van der Waals surface area contributed by atoms with E-state index in [0.29, 0.717) is 17.5 Å². The van der Waals surface area contributed by atoms with Crippen LogP contribution in [-0.2, 0) is 5.54 Å². The van der Waals surface area contributed by atoms with Crippen molar-refractivity contribution in [3.63, 3.8) is 0 Å². The molecule has 0 N–H and O–H groups in total. The van der Waals surface area contributed by atoms with Crippen molar-refractivity contribution in [2.45, 2.75) is 5.54 Å². The van der Waals surface area contributed by atoms with Crippen LogP contribution in [0.2, 0.25) is 0 Å². The summed E-state index contributed by atoms with van der Waals surface area (Å²) in [6.07, 6.45) is 6.57. The Morgan fingerprint density at radius 1 is 0.758 bits per heavy atom. The molecule has 160 valence electrons. The van der Waals surface area contributed by atoms with Gasteiger partial charge in [0.2, 0.25) is 0 Å². The first-order valence-corrected chi connectivity index (χ1v) is 10.5. The summed E-state index contributed by atoms with van der Waals surface area (Å²) in [7, 11) is 0. The predicted molar refractivity (Wildman–Crippen MR) is 125 cm³/mol. The smallest absolute Gasteiger partial charge is 0.153 e. The lowest BCUT2D eigenvalue weighted by Crippen LogP contribution is -2.36. The topological polar surface area (TPSA) is 47.8 Å². The Morgan fingerprint density at radius 2 is 1.27 bits per heavy atom. The highest BCUT2D eigenvalue weighted by Gasteiger charge is 2.38. The molecule has 0 aliphatic heterocycles. The zero-order chi connectivity index (χ0) is 22.7. The van der Waals surface area contributed by atoms with Gasteiger partial charge in [-0.05, 0) is 16.7 Å². The van der Waals surface area contributed by atoms with Gasteiger partial charge in [0.15, 0.2) is 12.1 Å². The van der Waals surface area contributed by atoms with Crippen molar-refractivity contribution in [1.29, 1.82) is 0 Å². The number of aldehydes is 1. The predicted octanol–water partition coefficient (Wildman–Crippen LogP) is 5.74. The fourth-order valence-electron chi connectivity index (χ4n) is 4.40. The average Bonchev–Trinajstić information content (AvgIpc) is 3.37. The number of hydrogen-bond donors (Lipinski definition) is 0. The number of nitrogens with zero attached hydrogens (tertiary/aromatic N) is 3. The fourth-order valence-corrected chi connectivity index (χ4v) is 4.40. The van der Waals surface area contributed by atoms with Gasteiger partial charge in [-0.1, -0.05) is 91.0 Å². The van der Waals surface area contributed by atoms with Crippen LogP contribution in [0, 0.1) is 5.82 Å². The van der Waals surface area contributed by atoms with E-state index < -0.39 is 11.4 Å². The van der Waals surface area contributed by atoms with Crippen LogP contribution in [-0.4, -0.2) is 20.8 Å². The minimum atomic E-state index is -0.739. The quantitative estimate of drug-likeness (QED) is 0.254. The van der Waals surface area contributed by atoms with Crippen LogP contribution in [0.4, 0.5) is 4.39 Å². The first kappa shape index (κ1) is 20.5. The first-order chi connectivity index (χ1) is 16.2. The zero-order valence-electron chi connectivity index (χ0n) is 17.7. The summed E-state index contributed by atoms with van der Waals surface area (Å²) in [6.45, 7) is 0. The molecular formula is C28H20FN3O. The lowest BCUT2D eigenvalue weighted by atomic mass is 9.77. The summed E-state index contributed by atoms with van der Waals surface area (Å²) in [5.74, 6) is -0.669. The molecule has 0 spiro atoms. The van der Waals surface area contributed by atoms with Gasteiger partial charge in [-0.25, -0.2) is 9.37 Å². The molecule has 4 nitrogen and oxygen atoms in total. The van der Waals surface area contributed by atoms with Crippen molar-refractivity contribution in [2.24, 2.45) is 0 Å². The molecule has 5 heteroatoms. The lowest BCUT2D eigenvalue weighted by Gasteiger charge is -2.37. The van der Waals surface area contributed by atoms with Gasteiger partial charge in [0.05, 0.1) is 23.8 Å². The molecule has 0 aliphatic carbocycles. The molecule has 0 aliphatic rings. The van der Waals surface area contributed by atoms with Crippen molar-refractivity contribution in [2.75, 3.05) is 0 Å². The van der Waals surface area contributed by atoms with Crippen LogP contribution >= 0.6 is 0 Å². The number of carbonyl (C=O) groups is 1. The Hall–Kier alpha value is -4.38. The molecule has 0 fully saturated rings. The normalized spacial score (nSPS) is 11.3. The Labute approximate surface area is 191 Å². The second kappa shape index (κ2) is 8.63. The maximum absolute atomic E-state index is 14.2. The number of rotatable bonds is 6. The summed E-state index contributed by atoms with van der Waals surface area (Å²) in [6, 6.07) is 30.5. The van der Waals surface area contributed by atoms with E-state index >= 15 is 0 Å². The summed E-state index contributed by atoms with van der Waals surface area (Å²) in [4.78, 5) is 20.1. The van der Waals surface area contributed by atoms with Crippen LogP contribution in [0.5, 0.6) is 0 Å². The lowest BCUT2D eigenvalue weighted by molar-refractivity contribution is 0.112. The van der Waals surface area contributed by atoms with E-state index in [0.717, 1.165) is 22.9 Å². The van der Waals surface area contributed by atoms with Gasteiger partial charge >= 0.3 is 0 Å². The van der Waals surface area contributed by atoms with Crippen LogP contribution in [0.1, 0.15) is 27.0 Å². The fraction of sp³-hybridized carbons (Fsp3) is 0.0357. The van der Waals surface area contributed by atoms with Crippen molar-refractivity contribution in [3.05, 3.63) is 144 Å². The highest BCUT2D eigenvalue weighted by atomic mass is 19.1. The van der Waals surface area contributed by atoms with Gasteiger partial charge in [-0.2, -0.15) is 0 Å². The highest BCUT2D eigenvalue weighted by Crippen LogP contribution is 2.41. The van der Waals surface area contributed by atoms with Gasteiger partial charge < -0.3 is 4.57 Å². The SMILES string of the molecule is O=Cc1c(F)cncc1-c1cn(C(c2ccccc2)(c2ccccc2)c2ccccc2)cn1. The van der Waals surface area contributed by atoms with Crippen molar-refractivity contribution in [3.8, 4) is 11.3 Å². The maximum Gasteiger partial charge on any atom is 0.153 e. The Bertz CT molecular complexity index is 1290. The number of imidazole rings is 1. The van der Waals surface area contributed by atoms with Gasteiger partial charge in [-0.3, -0.25) is 9.78 Å². The van der Waals surface area contributed by atoms with E-state index in [1.165, 1.54) is 6.20 Å². The van der Waals surface area contributed by atoms with Gasteiger partial charge in [0.1, 0.15) is 5.54 Å². The largest absolute Gasteiger partial charge is 0.318 e. The van der Waals surface area contributed by atoms with Gasteiger partial charge in [0, 0.05) is 18.0 Å². The number of aromatic nitrogens is 3. The molecule has 0 saturated carbocycles. The second-order valence-electron chi connectivity index (χ2n) is 7.68. The van der Waals surface area contributed by atoms with E-state index in [-0.39, 0.29) is 5.56 Å². The van der Waals surface area contributed by atoms with Gasteiger partial charge in [-0.15, -0.1) is 0 Å². The standard InChI is InChI=1S/C28H20FN3O/c29-26-17-30-16-24(25(26)19-33)27-18-32(20-31-27)28(21-10-4-1-5-11-21,22-12-6-2-7-13-22)23-14-8-3-9-15-23/h1-20H. The molecule has 2 heterocycles. The molecule has 0 unspecified atom stereocenters. The summed E-state index contributed by atoms with van der Waals surface area (Å²) in [5.41, 5.74) is 3.15. The average molecular weight is 433 g/mol. The van der Waals surface area contributed by atoms with E-state index in [1.807, 2.05) is 65.4 Å². The van der Waals surface area contributed by atoms with E-state index in [9.17, 15) is 9.18 Å². The third-order valence-corrected chi connectivity index (χ3v) is 5.88. The number of pyridine rings is 1. The number of benzene rings is 3. The molecule has 33 heavy (non-hydrogen) atoms. The van der Waals surface area contributed by atoms with E-state index in [4.69, 9.17) is 0 Å². The van der Waals surface area contributed by atoms with Crippen LogP contribution in [0.25, 0.3) is 11.3 Å². The van der Waals surface area contributed by atoms with Gasteiger partial charge in [0.25, 0.3) is 0 Å². The van der Waals surface area contributed by atoms with Crippen LogP contribution in [0.15, 0.2) is 116 Å². The number of hydrogen-bond acceptors (Lipinski definition) is 3. The molecule has 0 bridgehead atoms. The van der Waals surface area contributed by atoms with Crippen molar-refractivity contribution < 1.29 is 9.18 Å². The monoisotopic (exact) mass is 433 g/mol. The molecule has 0 atom stereocenters. The minimum absolute atomic E-state index is 0.0556. The third kappa shape index (κ3) is 3.44. The third-order valence-electron chi connectivity index (χ3n) is 5.88. The van der Waals surface area contributed by atoms with Crippen LogP contribution in [0.3, 0.4) is 0 Å². The maximum atomic E-state index is 14.2. The molecule has 5 aromatic rings. The molecule has 2 aromatic heterocycles. The molecule has 0 saturated heterocycles. The van der Waals surface area contributed by atoms with E-state index in [2.05, 4.69) is 46.4 Å². The first-order valence-electron chi connectivity index (χ1n) is 10.5. The number of halogens is 1. The van der Waals surface area contributed by atoms with Crippen molar-refractivity contribution in [1.82, 2.24) is 14.5 Å². The minimum Gasteiger partial charge on any atom is -0.318 e. The van der Waals surface area contributed by atoms with Crippen molar-refractivity contribution >= 4 is 6.29 Å². The Morgan fingerprint density at radius 3 is 1.76 bits per heavy atom. The highest BCUT2D eigenvalue weighted by molar-refractivity contribution is 5.86. The molecule has 0 radical (unpaired) electrons. The zero-order valence-corrected chi connectivity index (χ0v) is 17.7. The second-order valence-corrected chi connectivity index (χ2v) is 7.68. The summed E-state index contributed by atoms with van der Waals surface area (Å²) in [5, 5.41) is 0. The molecule has 5 rings (SSSR count). The van der Waals surface area contributed by atoms with Crippen LogP contribution < -0.4 is 0 Å². The number of carbonyl (C=O) groups excluding carboxylic acids is 1.